The average molecular weight is 482 g/mol. The molecule has 34 heavy (non-hydrogen) atoms. The maximum Gasteiger partial charge on any atom is 0.439 e. The Morgan fingerprint density at radius 2 is 1.82 bits per heavy atom. The van der Waals surface area contributed by atoms with Gasteiger partial charge in [-0.25, -0.2) is 4.79 Å². The number of nitrogens with one attached hydrogen (secondary N) is 1. The zero-order valence-electron chi connectivity index (χ0n) is 18.3. The van der Waals surface area contributed by atoms with Gasteiger partial charge in [0.05, 0.1) is 26.5 Å². The van der Waals surface area contributed by atoms with Gasteiger partial charge in [0, 0.05) is 17.2 Å². The maximum atomic E-state index is 13.5. The van der Waals surface area contributed by atoms with E-state index in [-0.39, 0.29) is 10.7 Å². The second-order valence-corrected chi connectivity index (χ2v) is 9.48. The van der Waals surface area contributed by atoms with Crippen LogP contribution in [0.1, 0.15) is 5.56 Å². The molecule has 1 unspecified atom stereocenters. The predicted octanol–water partition coefficient (Wildman–Crippen LogP) is 3.42. The minimum absolute atomic E-state index is 0.250. The van der Waals surface area contributed by atoms with Crippen molar-refractivity contribution in [3.63, 3.8) is 0 Å². The number of H-pyrrole nitrogens is 1. The van der Waals surface area contributed by atoms with Gasteiger partial charge in [0.25, 0.3) is 0 Å². The number of anilines is 1. The van der Waals surface area contributed by atoms with Crippen LogP contribution in [0.4, 0.5) is 5.69 Å². The molecule has 5 rings (SSSR count). The molecule has 0 saturated carbocycles. The van der Waals surface area contributed by atoms with Crippen LogP contribution in [0.3, 0.4) is 0 Å². The summed E-state index contributed by atoms with van der Waals surface area (Å²) in [5.41, 5.74) is 3.91. The zero-order valence-corrected chi connectivity index (χ0v) is 19.2. The minimum atomic E-state index is -3.53. The van der Waals surface area contributed by atoms with Crippen LogP contribution in [-0.4, -0.2) is 40.4 Å². The fourth-order valence-corrected chi connectivity index (χ4v) is 5.51. The summed E-state index contributed by atoms with van der Waals surface area (Å²) in [6.45, 7) is 0.393. The first-order chi connectivity index (χ1) is 16.4. The van der Waals surface area contributed by atoms with Gasteiger partial charge >= 0.3 is 16.2 Å². The molecule has 0 saturated heterocycles. The summed E-state index contributed by atoms with van der Waals surface area (Å²) in [4.78, 5) is 18.2. The second kappa shape index (κ2) is 8.43. The number of methoxy groups -OCH3 is 2. The van der Waals surface area contributed by atoms with Gasteiger partial charge in [-0.2, -0.15) is 13.8 Å². The highest BCUT2D eigenvalue weighted by atomic mass is 32.3. The highest BCUT2D eigenvalue weighted by Gasteiger charge is 2.42. The number of benzene rings is 2. The molecule has 0 aliphatic carbocycles. The number of fused-ring (bicyclic) bond motifs is 1. The summed E-state index contributed by atoms with van der Waals surface area (Å²) in [7, 11) is -0.441. The molecular formula is C23H21N4O6S+. The summed E-state index contributed by atoms with van der Waals surface area (Å²) in [5, 5.41) is 3.63. The van der Waals surface area contributed by atoms with Crippen molar-refractivity contribution in [1.82, 2.24) is 15.1 Å². The number of hydrogen-bond donors (Lipinski definition) is 2. The van der Waals surface area contributed by atoms with Gasteiger partial charge < -0.3 is 9.47 Å². The highest BCUT2D eigenvalue weighted by molar-refractivity contribution is 7.99. The van der Waals surface area contributed by atoms with E-state index in [0.29, 0.717) is 36.0 Å². The van der Waals surface area contributed by atoms with E-state index in [4.69, 9.17) is 9.47 Å². The topological polar surface area (TPSA) is 131 Å². The van der Waals surface area contributed by atoms with Crippen molar-refractivity contribution >= 4 is 16.1 Å². The van der Waals surface area contributed by atoms with E-state index in [1.165, 1.54) is 4.31 Å². The highest BCUT2D eigenvalue weighted by Crippen LogP contribution is 2.39. The van der Waals surface area contributed by atoms with Gasteiger partial charge in [0.15, 0.2) is 5.82 Å². The largest absolute Gasteiger partial charge is 0.481 e. The zero-order chi connectivity index (χ0) is 23.9. The fourth-order valence-electron chi connectivity index (χ4n) is 3.98. The summed E-state index contributed by atoms with van der Waals surface area (Å²) >= 11 is 0. The second-order valence-electron chi connectivity index (χ2n) is 7.57. The van der Waals surface area contributed by atoms with E-state index >= 15 is 0 Å². The lowest BCUT2D eigenvalue weighted by Gasteiger charge is -2.18. The molecule has 3 heterocycles. The lowest BCUT2D eigenvalue weighted by Crippen LogP contribution is -2.34. The Hall–Kier alpha value is -3.96. The molecular weight excluding hydrogens is 460 g/mol. The molecule has 2 aromatic heterocycles. The van der Waals surface area contributed by atoms with Gasteiger partial charge in [-0.05, 0) is 64.2 Å². The molecule has 2 aromatic carbocycles. The third-order valence-corrected chi connectivity index (χ3v) is 7.52. The van der Waals surface area contributed by atoms with Crippen LogP contribution in [0, 0.1) is 0 Å². The van der Waals surface area contributed by atoms with E-state index in [2.05, 4.69) is 19.6 Å². The first-order valence-electron chi connectivity index (χ1n) is 10.3. The third kappa shape index (κ3) is 3.74. The number of ether oxygens (including phenoxy) is 2. The van der Waals surface area contributed by atoms with Crippen molar-refractivity contribution < 1.29 is 22.8 Å². The van der Waals surface area contributed by atoms with Crippen LogP contribution < -0.4 is 19.5 Å². The average Bonchev–Trinajstić information content (AvgIpc) is 3.50. The Morgan fingerprint density at radius 1 is 1.06 bits per heavy atom. The van der Waals surface area contributed by atoms with Crippen molar-refractivity contribution in [2.24, 2.45) is 0 Å². The van der Waals surface area contributed by atoms with Crippen molar-refractivity contribution in [1.29, 1.82) is 0 Å². The molecule has 0 bridgehead atoms. The summed E-state index contributed by atoms with van der Waals surface area (Å²) < 4.78 is 41.1. The molecule has 0 amide bonds. The molecule has 0 spiro atoms. The first-order valence-corrected chi connectivity index (χ1v) is 11.8. The normalized spacial score (nSPS) is 14.5. The van der Waals surface area contributed by atoms with Gasteiger partial charge in [-0.1, -0.05) is 11.2 Å². The summed E-state index contributed by atoms with van der Waals surface area (Å²) in [5.74, 6) is 0.479. The number of aromatic amines is 1. The van der Waals surface area contributed by atoms with Gasteiger partial charge in [0.1, 0.15) is 0 Å². The molecule has 0 radical (unpaired) electrons. The lowest BCUT2D eigenvalue weighted by atomic mass is 10.0. The monoisotopic (exact) mass is 481 g/mol. The van der Waals surface area contributed by atoms with E-state index in [1.807, 2.05) is 24.3 Å². The minimum Gasteiger partial charge on any atom is -0.481 e. The van der Waals surface area contributed by atoms with E-state index in [9.17, 15) is 13.6 Å². The number of nitrogens with zero attached hydrogens (tertiary/aromatic N) is 3. The Bertz CT molecular complexity index is 1460. The van der Waals surface area contributed by atoms with E-state index < -0.39 is 16.2 Å². The molecule has 174 valence electrons. The van der Waals surface area contributed by atoms with Crippen LogP contribution in [0.5, 0.6) is 11.8 Å². The van der Waals surface area contributed by atoms with Crippen LogP contribution in [-0.2, 0) is 21.0 Å². The van der Waals surface area contributed by atoms with Gasteiger partial charge in [-0.3, -0.25) is 9.51 Å². The molecule has 11 heteroatoms. The number of pyridine rings is 1. The number of hydrogen-bond acceptors (Lipinski definition) is 7. The summed E-state index contributed by atoms with van der Waals surface area (Å²) in [6.07, 6.45) is 0.616. The van der Waals surface area contributed by atoms with Gasteiger partial charge in [-0.15, -0.1) is 0 Å². The predicted molar refractivity (Wildman–Crippen MR) is 125 cm³/mol. The first kappa shape index (κ1) is 21.9. The number of aromatic nitrogens is 3. The van der Waals surface area contributed by atoms with Crippen molar-refractivity contribution in [3.05, 3.63) is 70.7 Å². The maximum absolute atomic E-state index is 13.5. The Balaban J connectivity index is 1.44. The van der Waals surface area contributed by atoms with E-state index in [0.717, 1.165) is 16.7 Å². The van der Waals surface area contributed by atoms with Crippen LogP contribution in [0.2, 0.25) is 0 Å². The molecule has 1 atom stereocenters. The van der Waals surface area contributed by atoms with Crippen molar-refractivity contribution in [2.75, 3.05) is 25.1 Å². The fraction of sp³-hybridized carbons (Fsp3) is 0.174. The Kier molecular flexibility index (Phi) is 5.42. The molecule has 4 aromatic rings. The SMILES string of the molecule is COc1ccc(-c2ccc3c(c2)CCN3[S+](=O)(O)c2ccc(-c3noc(=O)[nH]3)cc2)c(OC)n1. The molecule has 1 aliphatic rings. The van der Waals surface area contributed by atoms with Crippen LogP contribution in [0.25, 0.3) is 22.5 Å². The standard InChI is InChI=1S/C23H20N4O6S/c1-31-20-10-8-18(22(24-20)32-2)15-5-9-19-16(13-15)11-12-27(19)34(29,30)17-6-3-14(4-7-17)21-25-23(28)33-26-21/h3-10,13H,11-12H2,1-2H3,(H-,25,26,28,29,30)/p+1. The Labute approximate surface area is 195 Å². The van der Waals surface area contributed by atoms with Gasteiger partial charge in [0.2, 0.25) is 16.7 Å². The molecule has 1 aliphatic heterocycles. The third-order valence-electron chi connectivity index (χ3n) is 5.65. The summed E-state index contributed by atoms with van der Waals surface area (Å²) in [6, 6.07) is 15.7. The van der Waals surface area contributed by atoms with Crippen LogP contribution >= 0.6 is 0 Å². The number of rotatable bonds is 6. The molecule has 10 nitrogen and oxygen atoms in total. The van der Waals surface area contributed by atoms with Crippen molar-refractivity contribution in [3.8, 4) is 34.3 Å². The van der Waals surface area contributed by atoms with Crippen molar-refractivity contribution in [2.45, 2.75) is 11.3 Å². The molecule has 2 N–H and O–H groups in total. The molecule has 0 fully saturated rings. The van der Waals surface area contributed by atoms with E-state index in [1.54, 1.807) is 44.6 Å². The lowest BCUT2D eigenvalue weighted by molar-refractivity contribution is 0.366. The van der Waals surface area contributed by atoms with Crippen LogP contribution in [0.15, 0.2) is 68.8 Å². The Morgan fingerprint density at radius 3 is 2.50 bits per heavy atom. The smallest absolute Gasteiger partial charge is 0.439 e. The quantitative estimate of drug-likeness (QED) is 0.401.